The van der Waals surface area contributed by atoms with Gasteiger partial charge in [-0.2, -0.15) is 4.98 Å². The van der Waals surface area contributed by atoms with E-state index in [4.69, 9.17) is 10.5 Å². The molecule has 28 heavy (non-hydrogen) atoms. The third-order valence-corrected chi connectivity index (χ3v) is 5.76. The van der Waals surface area contributed by atoms with E-state index in [2.05, 4.69) is 20.6 Å². The van der Waals surface area contributed by atoms with Crippen LogP contribution in [0.3, 0.4) is 0 Å². The summed E-state index contributed by atoms with van der Waals surface area (Å²) in [5, 5.41) is 17.0. The largest absolute Gasteiger partial charge is 0.390 e. The molecule has 1 heterocycles. The fourth-order valence-corrected chi connectivity index (χ4v) is 4.31. The van der Waals surface area contributed by atoms with Crippen molar-refractivity contribution >= 4 is 17.7 Å². The molecule has 2 saturated carbocycles. The molecule has 0 saturated heterocycles. The second-order valence-corrected chi connectivity index (χ2v) is 8.33. The Hall–Kier alpha value is -1.93. The van der Waals surface area contributed by atoms with Gasteiger partial charge in [-0.1, -0.05) is 0 Å². The number of amides is 1. The summed E-state index contributed by atoms with van der Waals surface area (Å²) in [4.78, 5) is 20.6. The van der Waals surface area contributed by atoms with Gasteiger partial charge < -0.3 is 26.2 Å². The number of hydrogen-bond donors (Lipinski definition) is 4. The number of ether oxygens (including phenoxy) is 1. The average molecular weight is 392 g/mol. The lowest BCUT2D eigenvalue weighted by Gasteiger charge is -2.34. The standard InChI is InChI=1S/C20H33N5O3/c1-3-28-15-8-6-13(7-9-15)24-19-22-12-16(17(21)26)18(25-19)23-14-5-4-10-20(2,27)11-14/h12-15,27H,3-11H2,1-2H3,(H2,21,26)(H2,22,23,24,25)/t13-,14-,15-,20+/m1/s1. The number of primary amides is 1. The summed E-state index contributed by atoms with van der Waals surface area (Å²) in [5.74, 6) is 0.375. The highest BCUT2D eigenvalue weighted by Crippen LogP contribution is 2.30. The highest BCUT2D eigenvalue weighted by Gasteiger charge is 2.31. The van der Waals surface area contributed by atoms with Crippen molar-refractivity contribution in [2.75, 3.05) is 17.2 Å². The molecule has 0 unspecified atom stereocenters. The number of aliphatic hydroxyl groups is 1. The summed E-state index contributed by atoms with van der Waals surface area (Å²) in [6, 6.07) is 0.339. The first kappa shape index (κ1) is 20.8. The Kier molecular flexibility index (Phi) is 6.72. The minimum absolute atomic E-state index is 0.0474. The molecule has 0 aliphatic heterocycles. The topological polar surface area (TPSA) is 122 Å². The molecular formula is C20H33N5O3. The van der Waals surface area contributed by atoms with Crippen LogP contribution in [0.4, 0.5) is 11.8 Å². The van der Waals surface area contributed by atoms with Crippen LogP contribution < -0.4 is 16.4 Å². The summed E-state index contributed by atoms with van der Waals surface area (Å²) < 4.78 is 5.70. The van der Waals surface area contributed by atoms with Crippen molar-refractivity contribution in [3.8, 4) is 0 Å². The van der Waals surface area contributed by atoms with E-state index in [0.717, 1.165) is 51.6 Å². The van der Waals surface area contributed by atoms with Gasteiger partial charge >= 0.3 is 0 Å². The minimum atomic E-state index is -0.698. The highest BCUT2D eigenvalue weighted by molar-refractivity contribution is 5.97. The Balaban J connectivity index is 1.67. The Bertz CT molecular complexity index is 674. The molecular weight excluding hydrogens is 358 g/mol. The lowest BCUT2D eigenvalue weighted by Crippen LogP contribution is -2.38. The van der Waals surface area contributed by atoms with E-state index in [1.807, 2.05) is 13.8 Å². The fraction of sp³-hybridized carbons (Fsp3) is 0.750. The zero-order chi connectivity index (χ0) is 20.1. The first-order valence-corrected chi connectivity index (χ1v) is 10.4. The van der Waals surface area contributed by atoms with E-state index in [1.54, 1.807) is 0 Å². The lowest BCUT2D eigenvalue weighted by molar-refractivity contribution is 0.0182. The molecule has 5 N–H and O–H groups in total. The van der Waals surface area contributed by atoms with Crippen LogP contribution in [0.25, 0.3) is 0 Å². The van der Waals surface area contributed by atoms with Crippen LogP contribution in [0.2, 0.25) is 0 Å². The van der Waals surface area contributed by atoms with Crippen molar-refractivity contribution in [2.45, 2.75) is 89.0 Å². The van der Waals surface area contributed by atoms with Crippen molar-refractivity contribution in [1.82, 2.24) is 9.97 Å². The molecule has 0 aromatic carbocycles. The Morgan fingerprint density at radius 1 is 1.29 bits per heavy atom. The molecule has 8 heteroatoms. The maximum Gasteiger partial charge on any atom is 0.254 e. The van der Waals surface area contributed by atoms with Crippen LogP contribution in [0.15, 0.2) is 6.20 Å². The van der Waals surface area contributed by atoms with Crippen molar-refractivity contribution in [2.24, 2.45) is 5.73 Å². The Morgan fingerprint density at radius 3 is 2.68 bits per heavy atom. The minimum Gasteiger partial charge on any atom is -0.390 e. The third kappa shape index (κ3) is 5.54. The van der Waals surface area contributed by atoms with Gasteiger partial charge in [0.25, 0.3) is 5.91 Å². The van der Waals surface area contributed by atoms with Crippen LogP contribution in [0.1, 0.15) is 75.6 Å². The van der Waals surface area contributed by atoms with Gasteiger partial charge in [0.05, 0.1) is 17.3 Å². The SMILES string of the molecule is CCO[C@H]1CC[C@H](Nc2ncc(C(N)=O)c(N[C@@H]3CCC[C@](C)(O)C3)n2)CC1. The summed E-state index contributed by atoms with van der Waals surface area (Å²) in [6.45, 7) is 4.63. The van der Waals surface area contributed by atoms with Crippen LogP contribution in [0.5, 0.6) is 0 Å². The molecule has 3 rings (SSSR count). The van der Waals surface area contributed by atoms with Gasteiger partial charge in [-0.05, 0) is 65.2 Å². The second kappa shape index (κ2) is 9.05. The quantitative estimate of drug-likeness (QED) is 0.563. The van der Waals surface area contributed by atoms with Gasteiger partial charge in [0.1, 0.15) is 5.82 Å². The summed E-state index contributed by atoms with van der Waals surface area (Å²) in [6.07, 6.45) is 9.11. The maximum absolute atomic E-state index is 11.8. The lowest BCUT2D eigenvalue weighted by atomic mass is 9.83. The molecule has 2 aliphatic rings. The molecule has 0 radical (unpaired) electrons. The van der Waals surface area contributed by atoms with Crippen LogP contribution in [-0.2, 0) is 4.74 Å². The normalized spacial score (nSPS) is 30.6. The molecule has 2 fully saturated rings. The summed E-state index contributed by atoms with van der Waals surface area (Å²) in [5.41, 5.74) is 5.08. The Morgan fingerprint density at radius 2 is 2.04 bits per heavy atom. The van der Waals surface area contributed by atoms with Crippen molar-refractivity contribution in [3.05, 3.63) is 11.8 Å². The zero-order valence-electron chi connectivity index (χ0n) is 16.9. The zero-order valence-corrected chi connectivity index (χ0v) is 16.9. The number of carbonyl (C=O) groups is 1. The van der Waals surface area contributed by atoms with E-state index in [9.17, 15) is 9.90 Å². The van der Waals surface area contributed by atoms with Gasteiger partial charge in [-0.25, -0.2) is 4.98 Å². The Labute approximate surface area is 166 Å². The number of nitrogens with two attached hydrogens (primary N) is 1. The van der Waals surface area contributed by atoms with Gasteiger partial charge in [0.15, 0.2) is 0 Å². The van der Waals surface area contributed by atoms with Gasteiger partial charge in [0.2, 0.25) is 5.95 Å². The van der Waals surface area contributed by atoms with E-state index in [1.165, 1.54) is 6.20 Å². The molecule has 156 valence electrons. The van der Waals surface area contributed by atoms with Crippen molar-refractivity contribution in [1.29, 1.82) is 0 Å². The number of nitrogens with zero attached hydrogens (tertiary/aromatic N) is 2. The predicted octanol–water partition coefficient (Wildman–Crippen LogP) is 2.44. The van der Waals surface area contributed by atoms with Gasteiger partial charge in [0, 0.05) is 24.9 Å². The van der Waals surface area contributed by atoms with E-state index in [0.29, 0.717) is 30.3 Å². The monoisotopic (exact) mass is 391 g/mol. The molecule has 2 aliphatic carbocycles. The first-order chi connectivity index (χ1) is 13.4. The molecule has 0 spiro atoms. The van der Waals surface area contributed by atoms with Crippen molar-refractivity contribution < 1.29 is 14.6 Å². The van der Waals surface area contributed by atoms with Gasteiger partial charge in [-0.15, -0.1) is 0 Å². The molecule has 2 atom stereocenters. The van der Waals surface area contributed by atoms with E-state index in [-0.39, 0.29) is 11.6 Å². The average Bonchev–Trinajstić information content (AvgIpc) is 2.63. The predicted molar refractivity (Wildman–Crippen MR) is 108 cm³/mol. The number of rotatable bonds is 7. The van der Waals surface area contributed by atoms with Crippen LogP contribution >= 0.6 is 0 Å². The number of aromatic nitrogens is 2. The molecule has 1 aromatic heterocycles. The van der Waals surface area contributed by atoms with Crippen molar-refractivity contribution in [3.63, 3.8) is 0 Å². The molecule has 8 nitrogen and oxygen atoms in total. The van der Waals surface area contributed by atoms with E-state index >= 15 is 0 Å². The van der Waals surface area contributed by atoms with Gasteiger partial charge in [-0.3, -0.25) is 4.79 Å². The molecule has 1 amide bonds. The summed E-state index contributed by atoms with van der Waals surface area (Å²) >= 11 is 0. The molecule has 0 bridgehead atoms. The third-order valence-electron chi connectivity index (χ3n) is 5.76. The molecule has 1 aromatic rings. The number of hydrogen-bond acceptors (Lipinski definition) is 7. The fourth-order valence-electron chi connectivity index (χ4n) is 4.31. The smallest absolute Gasteiger partial charge is 0.254 e. The second-order valence-electron chi connectivity index (χ2n) is 8.33. The maximum atomic E-state index is 11.8. The number of nitrogens with one attached hydrogen (secondary N) is 2. The van der Waals surface area contributed by atoms with Crippen LogP contribution in [0, 0.1) is 0 Å². The summed E-state index contributed by atoms with van der Waals surface area (Å²) in [7, 11) is 0. The first-order valence-electron chi connectivity index (χ1n) is 10.4. The van der Waals surface area contributed by atoms with Crippen LogP contribution in [-0.4, -0.2) is 51.4 Å². The van der Waals surface area contributed by atoms with E-state index < -0.39 is 11.5 Å². The number of carbonyl (C=O) groups excluding carboxylic acids is 1. The highest BCUT2D eigenvalue weighted by atomic mass is 16.5. The number of anilines is 2.